The highest BCUT2D eigenvalue weighted by Crippen LogP contribution is 2.14. The normalized spacial score (nSPS) is 11.2. The first-order chi connectivity index (χ1) is 15.3. The van der Waals surface area contributed by atoms with Gasteiger partial charge >= 0.3 is 0 Å². The van der Waals surface area contributed by atoms with Gasteiger partial charge in [0.05, 0.1) is 6.61 Å². The molecule has 0 amide bonds. The number of unbranched alkanes of at least 4 members (excludes halogenated alkanes) is 22. The quantitative estimate of drug-likeness (QED) is 0.0948. The van der Waals surface area contributed by atoms with Crippen LogP contribution in [-0.4, -0.2) is 11.7 Å². The fourth-order valence-electron chi connectivity index (χ4n) is 4.31. The minimum absolute atomic E-state index is 0.841. The maximum Gasteiger partial charge on any atom is 0.159 e. The van der Waals surface area contributed by atoms with Gasteiger partial charge in [-0.3, -0.25) is 0 Å². The summed E-state index contributed by atoms with van der Waals surface area (Å²) in [6.07, 6.45) is 34.4. The molecule has 1 nitrogen and oxygen atoms in total. The molecule has 0 aliphatic rings. The molecule has 31 heavy (non-hydrogen) atoms. The van der Waals surface area contributed by atoms with E-state index in [1.165, 1.54) is 154 Å². The lowest BCUT2D eigenvalue weighted by Crippen LogP contribution is -2.03. The molecule has 0 aromatic carbocycles. The highest BCUT2D eigenvalue weighted by atomic mass is 32.1. The van der Waals surface area contributed by atoms with Crippen molar-refractivity contribution in [3.05, 3.63) is 0 Å². The van der Waals surface area contributed by atoms with Crippen LogP contribution in [0.15, 0.2) is 0 Å². The van der Waals surface area contributed by atoms with Gasteiger partial charge in [0.1, 0.15) is 0 Å². The van der Waals surface area contributed by atoms with E-state index in [9.17, 15) is 0 Å². The summed E-state index contributed by atoms with van der Waals surface area (Å²) in [5, 5.41) is 0.856. The second-order valence-corrected chi connectivity index (χ2v) is 10.2. The highest BCUT2D eigenvalue weighted by Gasteiger charge is 1.99. The van der Waals surface area contributed by atoms with Gasteiger partial charge in [-0.1, -0.05) is 155 Å². The van der Waals surface area contributed by atoms with Gasteiger partial charge in [-0.15, -0.1) is 0 Å². The van der Waals surface area contributed by atoms with E-state index in [2.05, 4.69) is 13.8 Å². The van der Waals surface area contributed by atoms with E-state index in [0.717, 1.165) is 18.1 Å². The number of hydrogen-bond donors (Lipinski definition) is 0. The molecule has 0 aromatic rings. The van der Waals surface area contributed by atoms with Crippen molar-refractivity contribution in [1.29, 1.82) is 0 Å². The largest absolute Gasteiger partial charge is 0.487 e. The Hall–Kier alpha value is -0.110. The average Bonchev–Trinajstić information content (AvgIpc) is 2.77. The second-order valence-electron chi connectivity index (χ2n) is 9.75. The molecule has 0 saturated heterocycles. The number of ether oxygens (including phenoxy) is 1. The Balaban J connectivity index is 3.13. The summed E-state index contributed by atoms with van der Waals surface area (Å²) in [5.74, 6) is 0. The van der Waals surface area contributed by atoms with Gasteiger partial charge in [0.25, 0.3) is 0 Å². The molecule has 0 bridgehead atoms. The van der Waals surface area contributed by atoms with Crippen molar-refractivity contribution in [2.45, 2.75) is 174 Å². The van der Waals surface area contributed by atoms with E-state index >= 15 is 0 Å². The van der Waals surface area contributed by atoms with Gasteiger partial charge in [0, 0.05) is 6.42 Å². The average molecular weight is 455 g/mol. The fourth-order valence-corrected chi connectivity index (χ4v) is 4.54. The van der Waals surface area contributed by atoms with Gasteiger partial charge in [0.15, 0.2) is 5.05 Å². The Morgan fingerprint density at radius 3 is 1.06 bits per heavy atom. The Morgan fingerprint density at radius 1 is 0.419 bits per heavy atom. The van der Waals surface area contributed by atoms with Crippen molar-refractivity contribution in [2.24, 2.45) is 0 Å². The molecule has 0 N–H and O–H groups in total. The highest BCUT2D eigenvalue weighted by molar-refractivity contribution is 7.80. The second kappa shape index (κ2) is 27.9. The lowest BCUT2D eigenvalue weighted by Gasteiger charge is -2.08. The molecule has 0 aromatic heterocycles. The Morgan fingerprint density at radius 2 is 0.710 bits per heavy atom. The first-order valence-electron chi connectivity index (χ1n) is 14.5. The van der Waals surface area contributed by atoms with Crippen molar-refractivity contribution in [3.8, 4) is 0 Å². The number of rotatable bonds is 26. The predicted molar refractivity (Wildman–Crippen MR) is 145 cm³/mol. The lowest BCUT2D eigenvalue weighted by atomic mass is 10.0. The molecule has 0 radical (unpaired) electrons. The molecule has 0 heterocycles. The molecular weight excluding hydrogens is 396 g/mol. The van der Waals surface area contributed by atoms with E-state index < -0.39 is 0 Å². The minimum Gasteiger partial charge on any atom is -0.487 e. The third kappa shape index (κ3) is 27.9. The Kier molecular flexibility index (Phi) is 27.8. The van der Waals surface area contributed by atoms with Crippen LogP contribution >= 0.6 is 12.2 Å². The summed E-state index contributed by atoms with van der Waals surface area (Å²) in [5.41, 5.74) is 0. The van der Waals surface area contributed by atoms with Gasteiger partial charge < -0.3 is 4.74 Å². The molecule has 0 rings (SSSR count). The SMILES string of the molecule is CCCCCCCCCCCCCCCCCC(=S)OCCCCCCCCCCC. The van der Waals surface area contributed by atoms with Gasteiger partial charge in [-0.05, 0) is 25.1 Å². The van der Waals surface area contributed by atoms with Crippen molar-refractivity contribution in [2.75, 3.05) is 6.61 Å². The van der Waals surface area contributed by atoms with Gasteiger partial charge in [0.2, 0.25) is 0 Å². The molecule has 0 saturated carbocycles. The van der Waals surface area contributed by atoms with Gasteiger partial charge in [-0.25, -0.2) is 0 Å². The molecule has 0 spiro atoms. The Bertz CT molecular complexity index is 342. The van der Waals surface area contributed by atoms with Crippen LogP contribution in [-0.2, 0) is 4.74 Å². The van der Waals surface area contributed by atoms with Crippen LogP contribution in [0, 0.1) is 0 Å². The van der Waals surface area contributed by atoms with Crippen LogP contribution < -0.4 is 0 Å². The molecule has 2 heteroatoms. The van der Waals surface area contributed by atoms with Crippen LogP contribution in [0.5, 0.6) is 0 Å². The van der Waals surface area contributed by atoms with Gasteiger partial charge in [-0.2, -0.15) is 0 Å². The zero-order valence-corrected chi connectivity index (χ0v) is 22.5. The zero-order valence-electron chi connectivity index (χ0n) is 21.7. The smallest absolute Gasteiger partial charge is 0.159 e. The summed E-state index contributed by atoms with van der Waals surface area (Å²) in [7, 11) is 0. The molecule has 0 aliphatic carbocycles. The molecule has 0 unspecified atom stereocenters. The molecule has 0 fully saturated rings. The molecule has 0 aliphatic heterocycles. The van der Waals surface area contributed by atoms with E-state index in [1.54, 1.807) is 0 Å². The van der Waals surface area contributed by atoms with Crippen LogP contribution in [0.25, 0.3) is 0 Å². The summed E-state index contributed by atoms with van der Waals surface area (Å²) < 4.78 is 5.75. The molecule has 0 atom stereocenters. The standard InChI is InChI=1S/C29H58OS/c1-3-5-7-9-11-13-14-15-16-17-18-19-21-23-25-27-29(31)30-28-26-24-22-20-12-10-8-6-4-2/h3-28H2,1-2H3. The van der Waals surface area contributed by atoms with Crippen molar-refractivity contribution in [1.82, 2.24) is 0 Å². The third-order valence-electron chi connectivity index (χ3n) is 6.50. The fraction of sp³-hybridized carbons (Fsp3) is 0.966. The van der Waals surface area contributed by atoms with Crippen molar-refractivity contribution >= 4 is 17.3 Å². The number of hydrogen-bond acceptors (Lipinski definition) is 2. The van der Waals surface area contributed by atoms with Crippen LogP contribution in [0.2, 0.25) is 0 Å². The lowest BCUT2D eigenvalue weighted by molar-refractivity contribution is 0.290. The van der Waals surface area contributed by atoms with E-state index in [1.807, 2.05) is 0 Å². The van der Waals surface area contributed by atoms with Crippen LogP contribution in [0.4, 0.5) is 0 Å². The predicted octanol–water partition coefficient (Wildman–Crippen LogP) is 11.1. The van der Waals surface area contributed by atoms with E-state index in [0.29, 0.717) is 0 Å². The minimum atomic E-state index is 0.841. The molecular formula is C29H58OS. The topological polar surface area (TPSA) is 9.23 Å². The maximum absolute atomic E-state index is 5.75. The first kappa shape index (κ1) is 30.9. The first-order valence-corrected chi connectivity index (χ1v) is 14.9. The maximum atomic E-state index is 5.75. The van der Waals surface area contributed by atoms with Crippen molar-refractivity contribution in [3.63, 3.8) is 0 Å². The Labute approximate surface area is 202 Å². The summed E-state index contributed by atoms with van der Waals surface area (Å²) >= 11 is 5.39. The third-order valence-corrected chi connectivity index (χ3v) is 6.82. The van der Waals surface area contributed by atoms with Crippen LogP contribution in [0.3, 0.4) is 0 Å². The van der Waals surface area contributed by atoms with E-state index in [-0.39, 0.29) is 0 Å². The summed E-state index contributed by atoms with van der Waals surface area (Å²) in [6, 6.07) is 0. The number of thiocarbonyl (C=S) groups is 1. The van der Waals surface area contributed by atoms with Crippen LogP contribution in [0.1, 0.15) is 174 Å². The molecule has 186 valence electrons. The van der Waals surface area contributed by atoms with E-state index in [4.69, 9.17) is 17.0 Å². The van der Waals surface area contributed by atoms with Crippen molar-refractivity contribution < 1.29 is 4.74 Å². The summed E-state index contributed by atoms with van der Waals surface area (Å²) in [6.45, 7) is 5.42. The summed E-state index contributed by atoms with van der Waals surface area (Å²) in [4.78, 5) is 0. The zero-order chi connectivity index (χ0) is 22.7. The monoisotopic (exact) mass is 454 g/mol.